The molecule has 4 N–H and O–H groups in total. The second-order valence-corrected chi connectivity index (χ2v) is 5.70. The maximum Gasteiger partial charge on any atom is 0.319 e. The summed E-state index contributed by atoms with van der Waals surface area (Å²) in [6, 6.07) is -0.247. The van der Waals surface area contributed by atoms with Crippen LogP contribution in [0.4, 0.5) is 10.5 Å². The van der Waals surface area contributed by atoms with Crippen molar-refractivity contribution in [2.75, 3.05) is 11.9 Å². The molecule has 0 saturated heterocycles. The average Bonchev–Trinajstić information content (AvgIpc) is 2.77. The van der Waals surface area contributed by atoms with Crippen LogP contribution >= 0.6 is 0 Å². The number of hydrogen-bond acceptors (Lipinski definition) is 3. The Labute approximate surface area is 123 Å². The predicted molar refractivity (Wildman–Crippen MR) is 78.2 cm³/mol. The minimum atomic E-state index is -0.704. The Morgan fingerprint density at radius 1 is 1.29 bits per heavy atom. The first-order chi connectivity index (χ1) is 9.97. The number of nitrogens with zero attached hydrogens (tertiary/aromatic N) is 1. The van der Waals surface area contributed by atoms with E-state index in [4.69, 9.17) is 5.11 Å². The number of aromatic amines is 1. The lowest BCUT2D eigenvalue weighted by Crippen LogP contribution is -2.35. The lowest BCUT2D eigenvalue weighted by atomic mass is 9.82. The number of hydrogen-bond donors (Lipinski definition) is 4. The maximum atomic E-state index is 11.9. The van der Waals surface area contributed by atoms with Crippen LogP contribution in [0.5, 0.6) is 0 Å². The molecule has 1 fully saturated rings. The summed E-state index contributed by atoms with van der Waals surface area (Å²) in [7, 11) is 0. The second-order valence-electron chi connectivity index (χ2n) is 5.70. The molecule has 0 radical (unpaired) electrons. The van der Waals surface area contributed by atoms with Crippen molar-refractivity contribution in [3.8, 4) is 0 Å². The number of aromatic nitrogens is 2. The number of anilines is 1. The van der Waals surface area contributed by atoms with Crippen molar-refractivity contribution < 1.29 is 14.7 Å². The first-order valence-corrected chi connectivity index (χ1v) is 7.26. The van der Waals surface area contributed by atoms with E-state index in [-0.39, 0.29) is 11.9 Å². The van der Waals surface area contributed by atoms with Crippen LogP contribution in [0.15, 0.2) is 0 Å². The van der Waals surface area contributed by atoms with Crippen LogP contribution in [-0.4, -0.2) is 33.8 Å². The van der Waals surface area contributed by atoms with E-state index in [1.807, 2.05) is 13.8 Å². The zero-order chi connectivity index (χ0) is 15.4. The fraction of sp³-hybridized carbons (Fsp3) is 0.643. The van der Waals surface area contributed by atoms with Gasteiger partial charge in [0.05, 0.1) is 23.0 Å². The second kappa shape index (κ2) is 6.60. The monoisotopic (exact) mass is 294 g/mol. The lowest BCUT2D eigenvalue weighted by Gasteiger charge is -2.26. The molecule has 2 amide bonds. The third kappa shape index (κ3) is 3.96. The van der Waals surface area contributed by atoms with Crippen molar-refractivity contribution in [1.82, 2.24) is 15.5 Å². The van der Waals surface area contributed by atoms with Gasteiger partial charge in [-0.25, -0.2) is 4.79 Å². The highest BCUT2D eigenvalue weighted by molar-refractivity contribution is 5.90. The predicted octanol–water partition coefficient (Wildman–Crippen LogP) is 2.04. The number of carbonyl (C=O) groups is 2. The first kappa shape index (κ1) is 15.3. The topological polar surface area (TPSA) is 107 Å². The van der Waals surface area contributed by atoms with Crippen LogP contribution in [0, 0.1) is 25.7 Å². The normalized spacial score (nSPS) is 21.8. The van der Waals surface area contributed by atoms with E-state index in [1.54, 1.807) is 0 Å². The standard InChI is InChI=1S/C14H22N4O3/c1-8-12(9(2)18-17-8)16-14(21)15-7-10-3-5-11(6-4-10)13(19)20/h10-11H,3-7H2,1-2H3,(H,17,18)(H,19,20)(H2,15,16,21). The van der Waals surface area contributed by atoms with Gasteiger partial charge in [-0.1, -0.05) is 0 Å². The van der Waals surface area contributed by atoms with E-state index in [2.05, 4.69) is 20.8 Å². The zero-order valence-corrected chi connectivity index (χ0v) is 12.4. The summed E-state index contributed by atoms with van der Waals surface area (Å²) in [5, 5.41) is 21.4. The van der Waals surface area contributed by atoms with Gasteiger partial charge >= 0.3 is 12.0 Å². The van der Waals surface area contributed by atoms with Crippen LogP contribution < -0.4 is 10.6 Å². The molecule has 0 spiro atoms. The van der Waals surface area contributed by atoms with Crippen LogP contribution in [0.1, 0.15) is 37.1 Å². The molecule has 0 atom stereocenters. The van der Waals surface area contributed by atoms with Gasteiger partial charge in [-0.15, -0.1) is 0 Å². The highest BCUT2D eigenvalue weighted by Crippen LogP contribution is 2.28. The molecule has 0 bridgehead atoms. The summed E-state index contributed by atoms with van der Waals surface area (Å²) in [6.07, 6.45) is 3.09. The van der Waals surface area contributed by atoms with E-state index in [0.29, 0.717) is 31.0 Å². The van der Waals surface area contributed by atoms with Crippen molar-refractivity contribution in [2.24, 2.45) is 11.8 Å². The molecule has 1 aromatic heterocycles. The highest BCUT2D eigenvalue weighted by Gasteiger charge is 2.26. The Bertz CT molecular complexity index is 499. The molecule has 1 aliphatic carbocycles. The number of carboxylic acid groups (broad SMARTS) is 1. The molecule has 0 aromatic carbocycles. The van der Waals surface area contributed by atoms with Crippen molar-refractivity contribution in [1.29, 1.82) is 0 Å². The van der Waals surface area contributed by atoms with Gasteiger partial charge in [0, 0.05) is 6.54 Å². The van der Waals surface area contributed by atoms with Gasteiger partial charge in [0.1, 0.15) is 0 Å². The van der Waals surface area contributed by atoms with Crippen molar-refractivity contribution in [2.45, 2.75) is 39.5 Å². The van der Waals surface area contributed by atoms with Crippen LogP contribution in [0.3, 0.4) is 0 Å². The Hall–Kier alpha value is -2.05. The summed E-state index contributed by atoms with van der Waals surface area (Å²) < 4.78 is 0. The average molecular weight is 294 g/mol. The molecule has 1 saturated carbocycles. The van der Waals surface area contributed by atoms with Gasteiger partial charge in [0.25, 0.3) is 0 Å². The number of nitrogens with one attached hydrogen (secondary N) is 3. The van der Waals surface area contributed by atoms with Gasteiger partial charge in [-0.3, -0.25) is 9.89 Å². The number of amides is 2. The SMILES string of the molecule is Cc1n[nH]c(C)c1NC(=O)NCC1CCC(C(=O)O)CC1. The number of aryl methyl sites for hydroxylation is 2. The Morgan fingerprint density at radius 3 is 2.48 bits per heavy atom. The zero-order valence-electron chi connectivity index (χ0n) is 12.4. The van der Waals surface area contributed by atoms with Gasteiger partial charge in [0.15, 0.2) is 0 Å². The van der Waals surface area contributed by atoms with E-state index in [0.717, 1.165) is 24.2 Å². The molecular formula is C14H22N4O3. The molecule has 1 heterocycles. The summed E-state index contributed by atoms with van der Waals surface area (Å²) >= 11 is 0. The molecule has 1 aromatic rings. The van der Waals surface area contributed by atoms with Gasteiger partial charge in [-0.2, -0.15) is 5.10 Å². The molecular weight excluding hydrogens is 272 g/mol. The number of carbonyl (C=O) groups excluding carboxylic acids is 1. The van der Waals surface area contributed by atoms with E-state index < -0.39 is 5.97 Å². The summed E-state index contributed by atoms with van der Waals surface area (Å²) in [4.78, 5) is 22.8. The number of aliphatic carboxylic acids is 1. The largest absolute Gasteiger partial charge is 0.481 e. The molecule has 7 nitrogen and oxygen atoms in total. The maximum absolute atomic E-state index is 11.9. The molecule has 2 rings (SSSR count). The van der Waals surface area contributed by atoms with E-state index >= 15 is 0 Å². The quantitative estimate of drug-likeness (QED) is 0.681. The van der Waals surface area contributed by atoms with Gasteiger partial charge in [0.2, 0.25) is 0 Å². The minimum absolute atomic E-state index is 0.216. The third-order valence-corrected chi connectivity index (χ3v) is 4.11. The molecule has 116 valence electrons. The fourth-order valence-corrected chi connectivity index (χ4v) is 2.74. The summed E-state index contributed by atoms with van der Waals surface area (Å²) in [5.74, 6) is -0.561. The van der Waals surface area contributed by atoms with E-state index in [9.17, 15) is 9.59 Å². The van der Waals surface area contributed by atoms with Crippen LogP contribution in [0.2, 0.25) is 0 Å². The molecule has 0 unspecified atom stereocenters. The first-order valence-electron chi connectivity index (χ1n) is 7.26. The summed E-state index contributed by atoms with van der Waals surface area (Å²) in [5.41, 5.74) is 2.29. The van der Waals surface area contributed by atoms with Crippen molar-refractivity contribution in [3.63, 3.8) is 0 Å². The fourth-order valence-electron chi connectivity index (χ4n) is 2.74. The highest BCUT2D eigenvalue weighted by atomic mass is 16.4. The number of carboxylic acids is 1. The smallest absolute Gasteiger partial charge is 0.319 e. The minimum Gasteiger partial charge on any atom is -0.481 e. The molecule has 0 aliphatic heterocycles. The number of H-pyrrole nitrogens is 1. The van der Waals surface area contributed by atoms with Gasteiger partial charge in [-0.05, 0) is 45.4 Å². The molecule has 1 aliphatic rings. The summed E-state index contributed by atoms with van der Waals surface area (Å²) in [6.45, 7) is 4.25. The van der Waals surface area contributed by atoms with Crippen LogP contribution in [0.25, 0.3) is 0 Å². The Balaban J connectivity index is 1.74. The van der Waals surface area contributed by atoms with Gasteiger partial charge < -0.3 is 15.7 Å². The van der Waals surface area contributed by atoms with E-state index in [1.165, 1.54) is 0 Å². The van der Waals surface area contributed by atoms with Crippen LogP contribution in [-0.2, 0) is 4.79 Å². The number of urea groups is 1. The third-order valence-electron chi connectivity index (χ3n) is 4.11. The molecule has 21 heavy (non-hydrogen) atoms. The number of rotatable bonds is 4. The lowest BCUT2D eigenvalue weighted by molar-refractivity contribution is -0.143. The van der Waals surface area contributed by atoms with Crippen molar-refractivity contribution in [3.05, 3.63) is 11.4 Å². The molecule has 7 heteroatoms. The van der Waals surface area contributed by atoms with Crippen molar-refractivity contribution >= 4 is 17.7 Å². The Morgan fingerprint density at radius 2 is 1.95 bits per heavy atom. The Kier molecular flexibility index (Phi) is 4.82.